The fourth-order valence-corrected chi connectivity index (χ4v) is 2.63. The first kappa shape index (κ1) is 22.5. The highest BCUT2D eigenvalue weighted by atomic mass is 35.5. The van der Waals surface area contributed by atoms with Crippen molar-refractivity contribution in [2.75, 3.05) is 51.4 Å². The van der Waals surface area contributed by atoms with Gasteiger partial charge in [-0.15, -0.1) is 12.4 Å². The van der Waals surface area contributed by atoms with Crippen LogP contribution in [0.1, 0.15) is 32.6 Å². The van der Waals surface area contributed by atoms with Gasteiger partial charge in [0.05, 0.1) is 19.8 Å². The van der Waals surface area contributed by atoms with Crippen LogP contribution in [0.5, 0.6) is 5.75 Å². The van der Waals surface area contributed by atoms with Crippen molar-refractivity contribution in [1.29, 1.82) is 0 Å². The van der Waals surface area contributed by atoms with Gasteiger partial charge >= 0.3 is 6.09 Å². The minimum atomic E-state index is -0.437. The molecule has 1 amide bonds. The van der Waals surface area contributed by atoms with Gasteiger partial charge in [0.15, 0.2) is 0 Å². The lowest BCUT2D eigenvalue weighted by atomic mass is 10.2. The summed E-state index contributed by atoms with van der Waals surface area (Å²) < 4.78 is 16.3. The average molecular weight is 387 g/mol. The Balaban J connectivity index is 0.00000338. The van der Waals surface area contributed by atoms with E-state index in [2.05, 4.69) is 17.1 Å². The van der Waals surface area contributed by atoms with Gasteiger partial charge in [0.2, 0.25) is 0 Å². The highest BCUT2D eigenvalue weighted by Crippen LogP contribution is 2.18. The monoisotopic (exact) mass is 386 g/mol. The van der Waals surface area contributed by atoms with E-state index in [9.17, 15) is 4.79 Å². The molecule has 1 aromatic rings. The Morgan fingerprint density at radius 1 is 1.19 bits per heavy atom. The fraction of sp³-hybridized carbons (Fsp3) is 0.632. The van der Waals surface area contributed by atoms with Crippen LogP contribution in [-0.2, 0) is 9.47 Å². The number of morpholine rings is 1. The summed E-state index contributed by atoms with van der Waals surface area (Å²) >= 11 is 0. The molecule has 0 bridgehead atoms. The number of halogens is 1. The third kappa shape index (κ3) is 9.27. The number of hydrogen-bond donors (Lipinski definition) is 1. The third-order valence-electron chi connectivity index (χ3n) is 4.09. The van der Waals surface area contributed by atoms with E-state index in [-0.39, 0.29) is 12.4 Å². The standard InChI is InChI=1S/C19H30N2O4.ClH/c1-2-3-4-5-12-24-18-8-6-7-17(16-18)20-19(22)25-15-11-21-9-13-23-14-10-21;/h6-8,16H,2-5,9-15H2,1H3,(H,20,22);1H. The maximum Gasteiger partial charge on any atom is 0.411 e. The molecule has 1 aliphatic rings. The Kier molecular flexibility index (Phi) is 11.9. The first-order valence-corrected chi connectivity index (χ1v) is 9.24. The predicted molar refractivity (Wildman–Crippen MR) is 106 cm³/mol. The van der Waals surface area contributed by atoms with Crippen molar-refractivity contribution in [2.45, 2.75) is 32.6 Å². The van der Waals surface area contributed by atoms with Gasteiger partial charge in [-0.1, -0.05) is 32.3 Å². The van der Waals surface area contributed by atoms with Gasteiger partial charge in [-0.05, 0) is 18.6 Å². The zero-order valence-corrected chi connectivity index (χ0v) is 16.4. The van der Waals surface area contributed by atoms with E-state index in [1.807, 2.05) is 24.3 Å². The molecule has 6 nitrogen and oxygen atoms in total. The van der Waals surface area contributed by atoms with E-state index in [0.717, 1.165) is 45.0 Å². The molecule has 1 aromatic carbocycles. The summed E-state index contributed by atoms with van der Waals surface area (Å²) in [5.41, 5.74) is 0.683. The van der Waals surface area contributed by atoms with Crippen molar-refractivity contribution in [3.05, 3.63) is 24.3 Å². The highest BCUT2D eigenvalue weighted by Gasteiger charge is 2.11. The normalized spacial score (nSPS) is 14.3. The summed E-state index contributed by atoms with van der Waals surface area (Å²) in [6.07, 6.45) is 4.25. The van der Waals surface area contributed by atoms with E-state index < -0.39 is 6.09 Å². The molecular formula is C19H31ClN2O4. The molecule has 0 saturated carbocycles. The second-order valence-electron chi connectivity index (χ2n) is 6.15. The summed E-state index contributed by atoms with van der Waals surface area (Å²) in [6, 6.07) is 7.41. The molecule has 148 valence electrons. The molecule has 26 heavy (non-hydrogen) atoms. The number of anilines is 1. The van der Waals surface area contributed by atoms with Gasteiger partial charge in [-0.3, -0.25) is 10.2 Å². The lowest BCUT2D eigenvalue weighted by molar-refractivity contribution is 0.0290. The Bertz CT molecular complexity index is 510. The van der Waals surface area contributed by atoms with Crippen LogP contribution in [0.4, 0.5) is 10.5 Å². The first-order valence-electron chi connectivity index (χ1n) is 9.24. The Hall–Kier alpha value is -1.50. The molecule has 2 rings (SSSR count). The van der Waals surface area contributed by atoms with E-state index in [1.165, 1.54) is 19.3 Å². The van der Waals surface area contributed by atoms with Crippen molar-refractivity contribution in [1.82, 2.24) is 4.90 Å². The third-order valence-corrected chi connectivity index (χ3v) is 4.09. The predicted octanol–water partition coefficient (Wildman–Crippen LogP) is 3.95. The summed E-state index contributed by atoms with van der Waals surface area (Å²) in [6.45, 7) is 7.28. The SMILES string of the molecule is CCCCCCOc1cccc(NC(=O)OCCN2CCOCC2)c1.Cl. The first-order chi connectivity index (χ1) is 12.3. The van der Waals surface area contributed by atoms with Crippen LogP contribution in [-0.4, -0.2) is 57.1 Å². The molecule has 0 radical (unpaired) electrons. The molecule has 1 saturated heterocycles. The van der Waals surface area contributed by atoms with E-state index in [1.54, 1.807) is 0 Å². The van der Waals surface area contributed by atoms with Crippen LogP contribution < -0.4 is 10.1 Å². The zero-order valence-electron chi connectivity index (χ0n) is 15.6. The largest absolute Gasteiger partial charge is 0.494 e. The lowest BCUT2D eigenvalue weighted by Gasteiger charge is -2.26. The molecule has 7 heteroatoms. The highest BCUT2D eigenvalue weighted by molar-refractivity contribution is 5.85. The van der Waals surface area contributed by atoms with Gasteiger partial charge in [0, 0.05) is 31.4 Å². The van der Waals surface area contributed by atoms with Crippen molar-refractivity contribution in [2.24, 2.45) is 0 Å². The second-order valence-corrected chi connectivity index (χ2v) is 6.15. The zero-order chi connectivity index (χ0) is 17.7. The fourth-order valence-electron chi connectivity index (χ4n) is 2.63. The number of rotatable bonds is 10. The summed E-state index contributed by atoms with van der Waals surface area (Å²) in [7, 11) is 0. The second kappa shape index (κ2) is 13.7. The van der Waals surface area contributed by atoms with Gasteiger partial charge in [-0.2, -0.15) is 0 Å². The molecule has 1 fully saturated rings. The van der Waals surface area contributed by atoms with Crippen LogP contribution in [0.2, 0.25) is 0 Å². The van der Waals surface area contributed by atoms with Gasteiger partial charge in [0.1, 0.15) is 12.4 Å². The Morgan fingerprint density at radius 2 is 2.00 bits per heavy atom. The van der Waals surface area contributed by atoms with Crippen molar-refractivity contribution in [3.63, 3.8) is 0 Å². The van der Waals surface area contributed by atoms with E-state index >= 15 is 0 Å². The number of hydrogen-bond acceptors (Lipinski definition) is 5. The molecule has 1 aliphatic heterocycles. The quantitative estimate of drug-likeness (QED) is 0.617. The summed E-state index contributed by atoms with van der Waals surface area (Å²) in [5.74, 6) is 0.766. The number of carbonyl (C=O) groups excluding carboxylic acids is 1. The van der Waals surface area contributed by atoms with Crippen LogP contribution in [0.15, 0.2) is 24.3 Å². The van der Waals surface area contributed by atoms with E-state index in [0.29, 0.717) is 18.9 Å². The maximum absolute atomic E-state index is 11.9. The average Bonchev–Trinajstić information content (AvgIpc) is 2.63. The van der Waals surface area contributed by atoms with Crippen LogP contribution in [0.3, 0.4) is 0 Å². The number of carbonyl (C=O) groups is 1. The number of benzene rings is 1. The molecule has 0 unspecified atom stereocenters. The summed E-state index contributed by atoms with van der Waals surface area (Å²) in [5, 5.41) is 2.75. The minimum Gasteiger partial charge on any atom is -0.494 e. The van der Waals surface area contributed by atoms with Crippen LogP contribution in [0, 0.1) is 0 Å². The molecule has 0 atom stereocenters. The Morgan fingerprint density at radius 3 is 2.77 bits per heavy atom. The molecule has 0 aliphatic carbocycles. The van der Waals surface area contributed by atoms with Gasteiger partial charge in [-0.25, -0.2) is 4.79 Å². The molecular weight excluding hydrogens is 356 g/mol. The molecule has 0 aromatic heterocycles. The number of ether oxygens (including phenoxy) is 3. The molecule has 1 N–H and O–H groups in total. The molecule has 0 spiro atoms. The van der Waals surface area contributed by atoms with Crippen molar-refractivity contribution < 1.29 is 19.0 Å². The topological polar surface area (TPSA) is 60.0 Å². The Labute approximate surface area is 162 Å². The number of nitrogens with zero attached hydrogens (tertiary/aromatic N) is 1. The number of nitrogens with one attached hydrogen (secondary N) is 1. The number of amides is 1. The van der Waals surface area contributed by atoms with Gasteiger partial charge < -0.3 is 14.2 Å². The lowest BCUT2D eigenvalue weighted by Crippen LogP contribution is -2.38. The summed E-state index contributed by atoms with van der Waals surface area (Å²) in [4.78, 5) is 14.1. The van der Waals surface area contributed by atoms with Crippen molar-refractivity contribution in [3.8, 4) is 5.75 Å². The van der Waals surface area contributed by atoms with Crippen LogP contribution >= 0.6 is 12.4 Å². The maximum atomic E-state index is 11.9. The minimum absolute atomic E-state index is 0. The van der Waals surface area contributed by atoms with E-state index in [4.69, 9.17) is 14.2 Å². The smallest absolute Gasteiger partial charge is 0.411 e. The van der Waals surface area contributed by atoms with Gasteiger partial charge in [0.25, 0.3) is 0 Å². The van der Waals surface area contributed by atoms with Crippen LogP contribution in [0.25, 0.3) is 0 Å². The number of unbranched alkanes of at least 4 members (excludes halogenated alkanes) is 3. The van der Waals surface area contributed by atoms with Crippen molar-refractivity contribution >= 4 is 24.2 Å². The molecule has 1 heterocycles.